The summed E-state index contributed by atoms with van der Waals surface area (Å²) in [6, 6.07) is 18.7. The third-order valence-electron chi connectivity index (χ3n) is 6.95. The first-order valence-electron chi connectivity index (χ1n) is 13.7. The summed E-state index contributed by atoms with van der Waals surface area (Å²) in [6.07, 6.45) is 1.03. The highest BCUT2D eigenvalue weighted by molar-refractivity contribution is 7.92. The number of benzene rings is 3. The Kier molecular flexibility index (Phi) is 11.6. The summed E-state index contributed by atoms with van der Waals surface area (Å²) in [5.41, 5.74) is 0.923. The van der Waals surface area contributed by atoms with Crippen molar-refractivity contribution < 1.29 is 27.5 Å². The summed E-state index contributed by atoms with van der Waals surface area (Å²) in [6.45, 7) is 5.11. The molecule has 3 rings (SSSR count). The molecule has 0 bridgehead atoms. The van der Waals surface area contributed by atoms with Crippen LogP contribution < -0.4 is 19.1 Å². The lowest BCUT2D eigenvalue weighted by Gasteiger charge is -2.34. The van der Waals surface area contributed by atoms with Crippen LogP contribution in [0.3, 0.4) is 0 Å². The topological polar surface area (TPSA) is 105 Å². The molecule has 0 aliphatic rings. The largest absolute Gasteiger partial charge is 0.493 e. The number of hydrogen-bond donors (Lipinski definition) is 1. The van der Waals surface area contributed by atoms with Crippen molar-refractivity contribution in [2.75, 3.05) is 25.1 Å². The number of hydrogen-bond acceptors (Lipinski definition) is 6. The smallest absolute Gasteiger partial charge is 0.264 e. The summed E-state index contributed by atoms with van der Waals surface area (Å²) < 4.78 is 39.8. The molecule has 11 heteroatoms. The number of halogens is 1. The van der Waals surface area contributed by atoms with Crippen LogP contribution in [0, 0.1) is 0 Å². The van der Waals surface area contributed by atoms with Gasteiger partial charge in [0, 0.05) is 23.7 Å². The van der Waals surface area contributed by atoms with Gasteiger partial charge >= 0.3 is 0 Å². The molecule has 0 saturated heterocycles. The molecule has 226 valence electrons. The van der Waals surface area contributed by atoms with E-state index < -0.39 is 28.5 Å². The average Bonchev–Trinajstić information content (AvgIpc) is 3.00. The second-order valence-electron chi connectivity index (χ2n) is 9.72. The molecule has 0 aromatic heterocycles. The number of rotatable bonds is 14. The van der Waals surface area contributed by atoms with Gasteiger partial charge in [0.05, 0.1) is 24.8 Å². The van der Waals surface area contributed by atoms with Gasteiger partial charge in [-0.3, -0.25) is 13.9 Å². The maximum absolute atomic E-state index is 14.2. The maximum atomic E-state index is 14.2. The molecule has 3 aromatic carbocycles. The zero-order chi connectivity index (χ0) is 30.9. The van der Waals surface area contributed by atoms with Gasteiger partial charge in [-0.25, -0.2) is 8.42 Å². The van der Waals surface area contributed by atoms with Crippen LogP contribution in [0.4, 0.5) is 5.69 Å². The van der Waals surface area contributed by atoms with Gasteiger partial charge in [0.15, 0.2) is 11.5 Å². The second kappa shape index (κ2) is 14.9. The van der Waals surface area contributed by atoms with Gasteiger partial charge in [0.25, 0.3) is 10.0 Å². The number of sulfonamides is 1. The van der Waals surface area contributed by atoms with Crippen molar-refractivity contribution in [1.29, 1.82) is 0 Å². The maximum Gasteiger partial charge on any atom is 0.264 e. The van der Waals surface area contributed by atoms with Crippen molar-refractivity contribution in [3.63, 3.8) is 0 Å². The molecule has 2 atom stereocenters. The Hall–Kier alpha value is -3.76. The predicted octanol–water partition coefficient (Wildman–Crippen LogP) is 5.27. The molecule has 0 radical (unpaired) electrons. The summed E-state index contributed by atoms with van der Waals surface area (Å²) in [4.78, 5) is 28.8. The zero-order valence-corrected chi connectivity index (χ0v) is 26.1. The minimum absolute atomic E-state index is 0.0178. The molecular formula is C31H38ClN3O6S. The molecule has 42 heavy (non-hydrogen) atoms. The van der Waals surface area contributed by atoms with Gasteiger partial charge < -0.3 is 19.7 Å². The number of carbonyl (C=O) groups excluding carboxylic acids is 2. The molecule has 1 N–H and O–H groups in total. The third kappa shape index (κ3) is 7.74. The van der Waals surface area contributed by atoms with Gasteiger partial charge in [-0.1, -0.05) is 61.8 Å². The van der Waals surface area contributed by atoms with E-state index in [-0.39, 0.29) is 34.8 Å². The van der Waals surface area contributed by atoms with Crippen LogP contribution in [-0.4, -0.2) is 58.0 Å². The highest BCUT2D eigenvalue weighted by Gasteiger charge is 2.34. The van der Waals surface area contributed by atoms with E-state index in [1.165, 1.54) is 37.3 Å². The van der Waals surface area contributed by atoms with Crippen molar-refractivity contribution in [2.24, 2.45) is 0 Å². The standard InChI is InChI=1S/C31H38ClN3O6S/c1-6-22(3)33-31(37)27(7-2)34(20-23-13-11-12-16-26(23)32)30(36)21-35(24-14-9-8-10-15-24)42(38,39)25-17-18-28(40-4)29(19-25)41-5/h8-19,22,27H,6-7,20-21H2,1-5H3,(H,33,37)/t22-,27+/m1/s1. The molecule has 0 aliphatic heterocycles. The van der Waals surface area contributed by atoms with Crippen LogP contribution in [0.15, 0.2) is 77.7 Å². The Bertz CT molecular complexity index is 1470. The van der Waals surface area contributed by atoms with Crippen molar-refractivity contribution >= 4 is 39.1 Å². The minimum Gasteiger partial charge on any atom is -0.493 e. The Morgan fingerprint density at radius 1 is 0.905 bits per heavy atom. The lowest BCUT2D eigenvalue weighted by molar-refractivity contribution is -0.140. The number of ether oxygens (including phenoxy) is 2. The highest BCUT2D eigenvalue weighted by atomic mass is 35.5. The Balaban J connectivity index is 2.08. The van der Waals surface area contributed by atoms with E-state index in [0.29, 0.717) is 29.2 Å². The van der Waals surface area contributed by atoms with Gasteiger partial charge in [-0.2, -0.15) is 0 Å². The molecule has 0 unspecified atom stereocenters. The van der Waals surface area contributed by atoms with Crippen LogP contribution in [0.25, 0.3) is 0 Å². The molecule has 0 spiro atoms. The summed E-state index contributed by atoms with van der Waals surface area (Å²) >= 11 is 6.45. The molecular weight excluding hydrogens is 578 g/mol. The van der Waals surface area contributed by atoms with E-state index >= 15 is 0 Å². The third-order valence-corrected chi connectivity index (χ3v) is 9.09. The molecule has 9 nitrogen and oxygen atoms in total. The van der Waals surface area contributed by atoms with E-state index in [9.17, 15) is 18.0 Å². The lowest BCUT2D eigenvalue weighted by atomic mass is 10.1. The summed E-state index contributed by atoms with van der Waals surface area (Å²) in [5.74, 6) is -0.288. The molecule has 0 fully saturated rings. The number of nitrogens with zero attached hydrogens (tertiary/aromatic N) is 2. The van der Waals surface area contributed by atoms with Crippen molar-refractivity contribution in [3.8, 4) is 11.5 Å². The van der Waals surface area contributed by atoms with Gasteiger partial charge in [0.1, 0.15) is 12.6 Å². The number of nitrogens with one attached hydrogen (secondary N) is 1. The summed E-state index contributed by atoms with van der Waals surface area (Å²) in [5, 5.41) is 3.39. The lowest BCUT2D eigenvalue weighted by Crippen LogP contribution is -2.53. The zero-order valence-electron chi connectivity index (χ0n) is 24.5. The predicted molar refractivity (Wildman–Crippen MR) is 164 cm³/mol. The second-order valence-corrected chi connectivity index (χ2v) is 12.0. The highest BCUT2D eigenvalue weighted by Crippen LogP contribution is 2.32. The van der Waals surface area contributed by atoms with E-state index in [1.54, 1.807) is 54.6 Å². The van der Waals surface area contributed by atoms with E-state index in [2.05, 4.69) is 5.32 Å². The van der Waals surface area contributed by atoms with Crippen LogP contribution in [0.5, 0.6) is 11.5 Å². The first-order valence-corrected chi connectivity index (χ1v) is 15.5. The first kappa shape index (κ1) is 32.8. The average molecular weight is 616 g/mol. The SMILES string of the molecule is CC[C@@H](C)NC(=O)[C@H](CC)N(Cc1ccccc1Cl)C(=O)CN(c1ccccc1)S(=O)(=O)c1ccc(OC)c(OC)c1. The first-order chi connectivity index (χ1) is 20.1. The van der Waals surface area contributed by atoms with Gasteiger partial charge in [-0.05, 0) is 55.7 Å². The van der Waals surface area contributed by atoms with Crippen molar-refractivity contribution in [3.05, 3.63) is 83.4 Å². The number of para-hydroxylation sites is 1. The number of carbonyl (C=O) groups is 2. The summed E-state index contributed by atoms with van der Waals surface area (Å²) in [7, 11) is -1.41. The van der Waals surface area contributed by atoms with Gasteiger partial charge in [-0.15, -0.1) is 0 Å². The molecule has 0 aliphatic carbocycles. The van der Waals surface area contributed by atoms with Crippen molar-refractivity contribution in [1.82, 2.24) is 10.2 Å². The fourth-order valence-corrected chi connectivity index (χ4v) is 6.02. The fraction of sp³-hybridized carbons (Fsp3) is 0.355. The molecule has 0 heterocycles. The van der Waals surface area contributed by atoms with Crippen LogP contribution in [0.2, 0.25) is 5.02 Å². The van der Waals surface area contributed by atoms with Crippen LogP contribution in [-0.2, 0) is 26.2 Å². The quantitative estimate of drug-likeness (QED) is 0.265. The monoisotopic (exact) mass is 615 g/mol. The number of methoxy groups -OCH3 is 2. The normalized spacial score (nSPS) is 12.6. The Morgan fingerprint density at radius 3 is 2.14 bits per heavy atom. The molecule has 2 amide bonds. The number of amides is 2. The van der Waals surface area contributed by atoms with E-state index in [1.807, 2.05) is 20.8 Å². The minimum atomic E-state index is -4.27. The Morgan fingerprint density at radius 2 is 1.55 bits per heavy atom. The van der Waals surface area contributed by atoms with Crippen molar-refractivity contribution in [2.45, 2.75) is 57.1 Å². The fourth-order valence-electron chi connectivity index (χ4n) is 4.40. The van der Waals surface area contributed by atoms with Crippen LogP contribution >= 0.6 is 11.6 Å². The van der Waals surface area contributed by atoms with E-state index in [0.717, 1.165) is 4.31 Å². The van der Waals surface area contributed by atoms with Gasteiger partial charge in [0.2, 0.25) is 11.8 Å². The molecule has 0 saturated carbocycles. The number of anilines is 1. The Labute approximate surface area is 253 Å². The van der Waals surface area contributed by atoms with E-state index in [4.69, 9.17) is 21.1 Å². The van der Waals surface area contributed by atoms with Crippen LogP contribution in [0.1, 0.15) is 39.2 Å². The molecule has 3 aromatic rings.